The van der Waals surface area contributed by atoms with Crippen LogP contribution in [0.1, 0.15) is 43.2 Å². The number of rotatable bonds is 4. The molecule has 0 aliphatic heterocycles. The van der Waals surface area contributed by atoms with Gasteiger partial charge >= 0.3 is 0 Å². The standard InChI is InChI=1S/C51H39N3/c1-2-9-33(10-3-1)34-17-19-37(20-18-34)48-52-49(54-50(53-48)45-16-8-13-35-11-4-6-14-41(35)45)38-22-23-43-44-24-21-36-12-5-7-15-42(36)47(44)51(46(43)30-38)39-26-31-25-32(28-39)29-40(51)27-31/h1-24,30-32,39-40H,25-29H2. The van der Waals surface area contributed by atoms with Gasteiger partial charge in [0.2, 0.25) is 0 Å². The maximum atomic E-state index is 5.34. The van der Waals surface area contributed by atoms with E-state index in [-0.39, 0.29) is 5.41 Å². The average Bonchev–Trinajstić information content (AvgIpc) is 3.53. The fourth-order valence-corrected chi connectivity index (χ4v) is 11.7. The molecule has 258 valence electrons. The summed E-state index contributed by atoms with van der Waals surface area (Å²) in [6, 6.07) is 55.3. The maximum Gasteiger partial charge on any atom is 0.164 e. The van der Waals surface area contributed by atoms with E-state index in [9.17, 15) is 0 Å². The predicted octanol–water partition coefficient (Wildman–Crippen LogP) is 12.6. The molecule has 8 aromatic rings. The fraction of sp³-hybridized carbons (Fsp3) is 0.196. The Labute approximate surface area is 315 Å². The van der Waals surface area contributed by atoms with Crippen molar-refractivity contribution in [3.05, 3.63) is 163 Å². The van der Waals surface area contributed by atoms with Crippen molar-refractivity contribution in [3.63, 3.8) is 0 Å². The first-order chi connectivity index (χ1) is 26.7. The molecule has 7 aromatic carbocycles. The zero-order chi connectivity index (χ0) is 35.4. The Balaban J connectivity index is 1.07. The van der Waals surface area contributed by atoms with Gasteiger partial charge in [-0.15, -0.1) is 0 Å². The first-order valence-electron chi connectivity index (χ1n) is 19.8. The second kappa shape index (κ2) is 11.5. The largest absolute Gasteiger partial charge is 0.208 e. The lowest BCUT2D eigenvalue weighted by Crippen LogP contribution is -2.55. The molecule has 54 heavy (non-hydrogen) atoms. The van der Waals surface area contributed by atoms with E-state index in [1.165, 1.54) is 76.1 Å². The molecular formula is C51H39N3. The summed E-state index contributed by atoms with van der Waals surface area (Å²) >= 11 is 0. The topological polar surface area (TPSA) is 38.7 Å². The molecule has 0 amide bonds. The lowest BCUT2D eigenvalue weighted by atomic mass is 9.43. The molecule has 1 spiro atoms. The van der Waals surface area contributed by atoms with E-state index in [1.807, 2.05) is 0 Å². The van der Waals surface area contributed by atoms with Gasteiger partial charge in [-0.1, -0.05) is 146 Å². The van der Waals surface area contributed by atoms with Crippen molar-refractivity contribution >= 4 is 21.5 Å². The van der Waals surface area contributed by atoms with Gasteiger partial charge < -0.3 is 0 Å². The maximum absolute atomic E-state index is 5.34. The van der Waals surface area contributed by atoms with E-state index < -0.39 is 0 Å². The Morgan fingerprint density at radius 3 is 1.70 bits per heavy atom. The Morgan fingerprint density at radius 1 is 0.389 bits per heavy atom. The van der Waals surface area contributed by atoms with Gasteiger partial charge in [0.15, 0.2) is 17.5 Å². The van der Waals surface area contributed by atoms with Crippen LogP contribution in [0.3, 0.4) is 0 Å². The lowest BCUT2D eigenvalue weighted by molar-refractivity contribution is -0.0393. The van der Waals surface area contributed by atoms with Crippen LogP contribution in [0.15, 0.2) is 152 Å². The summed E-state index contributed by atoms with van der Waals surface area (Å²) in [4.78, 5) is 15.9. The highest BCUT2D eigenvalue weighted by molar-refractivity contribution is 5.99. The van der Waals surface area contributed by atoms with Crippen molar-refractivity contribution < 1.29 is 0 Å². The van der Waals surface area contributed by atoms with Crippen LogP contribution in [0.5, 0.6) is 0 Å². The summed E-state index contributed by atoms with van der Waals surface area (Å²) in [5.41, 5.74) is 11.4. The van der Waals surface area contributed by atoms with Crippen LogP contribution >= 0.6 is 0 Å². The van der Waals surface area contributed by atoms with Crippen molar-refractivity contribution in [3.8, 4) is 56.4 Å². The van der Waals surface area contributed by atoms with Crippen molar-refractivity contribution in [2.45, 2.75) is 37.5 Å². The summed E-state index contributed by atoms with van der Waals surface area (Å²) in [5, 5.41) is 5.13. The minimum atomic E-state index is 0.0244. The first-order valence-corrected chi connectivity index (χ1v) is 19.8. The average molecular weight is 694 g/mol. The Hall–Kier alpha value is -5.93. The summed E-state index contributed by atoms with van der Waals surface area (Å²) in [6.45, 7) is 0. The minimum Gasteiger partial charge on any atom is -0.208 e. The highest BCUT2D eigenvalue weighted by Gasteiger charge is 2.62. The van der Waals surface area contributed by atoms with Crippen molar-refractivity contribution in [2.75, 3.05) is 0 Å². The molecular weight excluding hydrogens is 655 g/mol. The third kappa shape index (κ3) is 4.39. The summed E-state index contributed by atoms with van der Waals surface area (Å²) in [5.74, 6) is 5.23. The monoisotopic (exact) mass is 693 g/mol. The molecule has 0 saturated heterocycles. The molecule has 3 heteroatoms. The van der Waals surface area contributed by atoms with Gasteiger partial charge in [0.25, 0.3) is 0 Å². The molecule has 4 bridgehead atoms. The van der Waals surface area contributed by atoms with Gasteiger partial charge in [-0.3, -0.25) is 0 Å². The molecule has 13 rings (SSSR count). The molecule has 5 aliphatic rings. The van der Waals surface area contributed by atoms with Crippen LogP contribution in [-0.4, -0.2) is 15.0 Å². The predicted molar refractivity (Wildman–Crippen MR) is 220 cm³/mol. The highest BCUT2D eigenvalue weighted by Crippen LogP contribution is 2.70. The molecule has 0 atom stereocenters. The number of aromatic nitrogens is 3. The molecule has 3 nitrogen and oxygen atoms in total. The van der Waals surface area contributed by atoms with Gasteiger partial charge in [0.1, 0.15) is 0 Å². The van der Waals surface area contributed by atoms with Crippen LogP contribution < -0.4 is 0 Å². The van der Waals surface area contributed by atoms with E-state index in [0.29, 0.717) is 23.5 Å². The van der Waals surface area contributed by atoms with E-state index in [1.54, 1.807) is 5.56 Å². The van der Waals surface area contributed by atoms with Crippen molar-refractivity contribution in [1.29, 1.82) is 0 Å². The Bertz CT molecular complexity index is 2750. The van der Waals surface area contributed by atoms with E-state index in [2.05, 4.69) is 152 Å². The third-order valence-corrected chi connectivity index (χ3v) is 13.7. The van der Waals surface area contributed by atoms with Crippen LogP contribution in [0.2, 0.25) is 0 Å². The van der Waals surface area contributed by atoms with E-state index >= 15 is 0 Å². The minimum absolute atomic E-state index is 0.0244. The second-order valence-electron chi connectivity index (χ2n) is 16.4. The van der Waals surface area contributed by atoms with Crippen LogP contribution in [0.4, 0.5) is 0 Å². The normalized spacial score (nSPS) is 23.3. The second-order valence-corrected chi connectivity index (χ2v) is 16.4. The molecule has 0 N–H and O–H groups in total. The Morgan fingerprint density at radius 2 is 0.944 bits per heavy atom. The van der Waals surface area contributed by atoms with Gasteiger partial charge in [0.05, 0.1) is 0 Å². The SMILES string of the molecule is c1ccc(-c2ccc(-c3nc(-c4ccc5c(c4)C4(c6c-5ccc5ccccc65)C5CC6CC(C5)CC4C6)nc(-c4cccc5ccccc45)n3)cc2)cc1. The third-order valence-electron chi connectivity index (χ3n) is 13.7. The lowest BCUT2D eigenvalue weighted by Gasteiger charge is -2.61. The van der Waals surface area contributed by atoms with Gasteiger partial charge in [-0.25, -0.2) is 15.0 Å². The van der Waals surface area contributed by atoms with Crippen molar-refractivity contribution in [1.82, 2.24) is 15.0 Å². The fourth-order valence-electron chi connectivity index (χ4n) is 11.7. The summed E-state index contributed by atoms with van der Waals surface area (Å²) < 4.78 is 0. The number of hydrogen-bond donors (Lipinski definition) is 0. The number of fused-ring (bicyclic) bond motifs is 6. The molecule has 1 heterocycles. The molecule has 1 aromatic heterocycles. The summed E-state index contributed by atoms with van der Waals surface area (Å²) in [6.07, 6.45) is 6.83. The smallest absolute Gasteiger partial charge is 0.164 e. The molecule has 0 unspecified atom stereocenters. The van der Waals surface area contributed by atoms with Crippen molar-refractivity contribution in [2.24, 2.45) is 23.7 Å². The summed E-state index contributed by atoms with van der Waals surface area (Å²) in [7, 11) is 0. The zero-order valence-electron chi connectivity index (χ0n) is 30.1. The molecule has 4 saturated carbocycles. The van der Waals surface area contributed by atoms with Gasteiger partial charge in [-0.2, -0.15) is 0 Å². The number of hydrogen-bond acceptors (Lipinski definition) is 3. The Kier molecular flexibility index (Phi) is 6.52. The van der Waals surface area contributed by atoms with Gasteiger partial charge in [-0.05, 0) is 117 Å². The number of nitrogens with zero attached hydrogens (tertiary/aromatic N) is 3. The quantitative estimate of drug-likeness (QED) is 0.184. The zero-order valence-corrected chi connectivity index (χ0v) is 30.1. The number of benzene rings is 7. The molecule has 4 fully saturated rings. The molecule has 5 aliphatic carbocycles. The first kappa shape index (κ1) is 30.5. The van der Waals surface area contributed by atoms with E-state index in [0.717, 1.165) is 39.7 Å². The highest BCUT2D eigenvalue weighted by atomic mass is 15.0. The van der Waals surface area contributed by atoms with Gasteiger partial charge in [0, 0.05) is 22.1 Å². The van der Waals surface area contributed by atoms with E-state index in [4.69, 9.17) is 15.0 Å². The molecule has 0 radical (unpaired) electrons. The van der Waals surface area contributed by atoms with Crippen LogP contribution in [-0.2, 0) is 5.41 Å². The van der Waals surface area contributed by atoms with Crippen LogP contribution in [0, 0.1) is 23.7 Å². The van der Waals surface area contributed by atoms with Crippen LogP contribution in [0.25, 0.3) is 78.0 Å².